The molecule has 0 fully saturated rings. The molecule has 2 amide bonds. The summed E-state index contributed by atoms with van der Waals surface area (Å²) in [6, 6.07) is 8.74. The molecule has 1 aromatic carbocycles. The molecule has 0 aliphatic rings. The molecule has 0 saturated carbocycles. The van der Waals surface area contributed by atoms with Gasteiger partial charge in [-0.05, 0) is 12.1 Å². The van der Waals surface area contributed by atoms with E-state index in [0.29, 0.717) is 5.69 Å². The van der Waals surface area contributed by atoms with Gasteiger partial charge in [0.15, 0.2) is 0 Å². The Morgan fingerprint density at radius 1 is 1.36 bits per heavy atom. The lowest BCUT2D eigenvalue weighted by atomic mass is 10.3. The normalized spacial score (nSPS) is 10.7. The fraction of sp³-hybridized carbons (Fsp3) is 0.222. The second-order valence-corrected chi connectivity index (χ2v) is 3.29. The molecule has 0 saturated heterocycles. The van der Waals surface area contributed by atoms with Gasteiger partial charge in [-0.15, -0.1) is 4.59 Å². The van der Waals surface area contributed by atoms with E-state index in [1.54, 1.807) is 12.1 Å². The molecule has 0 radical (unpaired) electrons. The monoisotopic (exact) mass is 193 g/mol. The smallest absolute Gasteiger partial charge is 0.273 e. The van der Waals surface area contributed by atoms with E-state index in [1.807, 2.05) is 18.2 Å². The predicted molar refractivity (Wildman–Crippen MR) is 52.7 cm³/mol. The van der Waals surface area contributed by atoms with Crippen LogP contribution in [0.3, 0.4) is 0 Å². The average Bonchev–Trinajstić information content (AvgIpc) is 2.19. The standard InChI is InChI=1S/C9H12N4O/c1-13(2,12-10)9(14)11-8-6-4-3-5-7-8/h3-7,10H,1-2H3/p+1. The Bertz CT molecular complexity index is 334. The average molecular weight is 193 g/mol. The highest BCUT2D eigenvalue weighted by Gasteiger charge is 2.26. The maximum Gasteiger partial charge on any atom is 0.448 e. The van der Waals surface area contributed by atoms with Crippen molar-refractivity contribution in [3.8, 4) is 0 Å². The highest BCUT2D eigenvalue weighted by Crippen LogP contribution is 2.08. The summed E-state index contributed by atoms with van der Waals surface area (Å²) in [4.78, 5) is 11.5. The van der Waals surface area contributed by atoms with Gasteiger partial charge in [-0.1, -0.05) is 18.2 Å². The van der Waals surface area contributed by atoms with E-state index >= 15 is 0 Å². The quantitative estimate of drug-likeness (QED) is 0.422. The molecule has 0 bridgehead atoms. The minimum absolute atomic E-state index is 0.341. The Balaban J connectivity index is 2.72. The minimum Gasteiger partial charge on any atom is -0.273 e. The number of urea groups is 1. The number of carbonyl (C=O) groups excluding carboxylic acids is 1. The number of anilines is 1. The summed E-state index contributed by atoms with van der Waals surface area (Å²) in [5.74, 6) is 0. The van der Waals surface area contributed by atoms with Gasteiger partial charge in [0.25, 0.3) is 0 Å². The fourth-order valence-electron chi connectivity index (χ4n) is 0.827. The summed E-state index contributed by atoms with van der Waals surface area (Å²) >= 11 is 0. The number of rotatable bonds is 2. The van der Waals surface area contributed by atoms with Crippen molar-refractivity contribution in [2.45, 2.75) is 0 Å². The molecule has 0 atom stereocenters. The van der Waals surface area contributed by atoms with Crippen LogP contribution < -0.4 is 5.32 Å². The van der Waals surface area contributed by atoms with Gasteiger partial charge in [0.2, 0.25) is 0 Å². The van der Waals surface area contributed by atoms with Crippen molar-refractivity contribution < 1.29 is 9.39 Å². The van der Waals surface area contributed by atoms with Crippen LogP contribution in [0.4, 0.5) is 10.5 Å². The molecule has 5 heteroatoms. The minimum atomic E-state index is -0.366. The molecule has 5 nitrogen and oxygen atoms in total. The van der Waals surface area contributed by atoms with Crippen LogP contribution in [-0.2, 0) is 0 Å². The van der Waals surface area contributed by atoms with Gasteiger partial charge in [0.1, 0.15) is 14.1 Å². The van der Waals surface area contributed by atoms with E-state index < -0.39 is 0 Å². The third kappa shape index (κ3) is 2.37. The number of amides is 2. The van der Waals surface area contributed by atoms with Crippen molar-refractivity contribution in [3.05, 3.63) is 30.3 Å². The van der Waals surface area contributed by atoms with E-state index in [-0.39, 0.29) is 10.6 Å². The molecule has 1 rings (SSSR count). The van der Waals surface area contributed by atoms with E-state index in [0.717, 1.165) is 0 Å². The number of nitrogens with zero attached hydrogens (tertiary/aromatic N) is 2. The summed E-state index contributed by atoms with van der Waals surface area (Å²) in [7, 11) is 3.07. The number of quaternary nitrogens is 1. The van der Waals surface area contributed by atoms with E-state index in [1.165, 1.54) is 14.1 Å². The van der Waals surface area contributed by atoms with E-state index in [4.69, 9.17) is 5.53 Å². The molecule has 2 N–H and O–H groups in total. The van der Waals surface area contributed by atoms with Crippen LogP contribution in [0, 0.1) is 5.53 Å². The number of hydrogen-bond acceptors (Lipinski definition) is 3. The lowest BCUT2D eigenvalue weighted by Gasteiger charge is -2.16. The highest BCUT2D eigenvalue weighted by molar-refractivity contribution is 5.83. The largest absolute Gasteiger partial charge is 0.448 e. The first-order chi connectivity index (χ1) is 6.56. The molecule has 0 spiro atoms. The molecule has 0 heterocycles. The molecule has 0 aromatic heterocycles. The first-order valence-corrected chi connectivity index (χ1v) is 4.16. The number of para-hydroxylation sites is 1. The molecular formula is C9H13N4O+. The van der Waals surface area contributed by atoms with Gasteiger partial charge in [0, 0.05) is 10.9 Å². The third-order valence-corrected chi connectivity index (χ3v) is 1.77. The summed E-state index contributed by atoms with van der Waals surface area (Å²) in [5.41, 5.74) is 7.54. The van der Waals surface area contributed by atoms with Crippen molar-refractivity contribution in [1.29, 1.82) is 5.53 Å². The number of carbonyl (C=O) groups is 1. The number of nitrogens with one attached hydrogen (secondary N) is 2. The first kappa shape index (κ1) is 10.3. The van der Waals surface area contributed by atoms with Gasteiger partial charge in [-0.2, -0.15) is 5.53 Å². The molecule has 0 aliphatic carbocycles. The second-order valence-electron chi connectivity index (χ2n) is 3.29. The maximum absolute atomic E-state index is 11.5. The lowest BCUT2D eigenvalue weighted by molar-refractivity contribution is -0.820. The first-order valence-electron chi connectivity index (χ1n) is 4.16. The second kappa shape index (κ2) is 3.97. The van der Waals surface area contributed by atoms with Crippen molar-refractivity contribution in [1.82, 2.24) is 0 Å². The summed E-state index contributed by atoms with van der Waals surface area (Å²) in [6.45, 7) is 0. The lowest BCUT2D eigenvalue weighted by Crippen LogP contribution is -2.42. The van der Waals surface area contributed by atoms with Crippen molar-refractivity contribution in [2.75, 3.05) is 19.4 Å². The van der Waals surface area contributed by atoms with Gasteiger partial charge >= 0.3 is 6.03 Å². The maximum atomic E-state index is 11.5. The van der Waals surface area contributed by atoms with Crippen LogP contribution in [0.25, 0.3) is 0 Å². The van der Waals surface area contributed by atoms with Crippen molar-refractivity contribution in [2.24, 2.45) is 5.22 Å². The molecule has 14 heavy (non-hydrogen) atoms. The van der Waals surface area contributed by atoms with Crippen molar-refractivity contribution in [3.63, 3.8) is 0 Å². The Morgan fingerprint density at radius 2 is 1.93 bits per heavy atom. The number of benzene rings is 1. The zero-order chi connectivity index (χ0) is 10.6. The Morgan fingerprint density at radius 3 is 2.43 bits per heavy atom. The van der Waals surface area contributed by atoms with Gasteiger partial charge in [-0.25, -0.2) is 4.79 Å². The zero-order valence-corrected chi connectivity index (χ0v) is 8.19. The molecular weight excluding hydrogens is 180 g/mol. The Labute approximate surface area is 82.4 Å². The SMILES string of the molecule is C[N+](C)(N=N)C(=O)Nc1ccccc1. The van der Waals surface area contributed by atoms with E-state index in [9.17, 15) is 4.79 Å². The van der Waals surface area contributed by atoms with Crippen LogP contribution in [0.1, 0.15) is 0 Å². The predicted octanol–water partition coefficient (Wildman–Crippen LogP) is 2.24. The van der Waals surface area contributed by atoms with E-state index in [2.05, 4.69) is 10.5 Å². The Kier molecular flexibility index (Phi) is 2.93. The van der Waals surface area contributed by atoms with Crippen LogP contribution in [-0.4, -0.2) is 24.7 Å². The van der Waals surface area contributed by atoms with Crippen LogP contribution in [0.5, 0.6) is 0 Å². The van der Waals surface area contributed by atoms with Crippen LogP contribution in [0.15, 0.2) is 35.6 Å². The highest BCUT2D eigenvalue weighted by atomic mass is 16.2. The van der Waals surface area contributed by atoms with Crippen molar-refractivity contribution >= 4 is 11.7 Å². The van der Waals surface area contributed by atoms with Crippen LogP contribution in [0.2, 0.25) is 0 Å². The number of hydrogen-bond donors (Lipinski definition) is 2. The summed E-state index contributed by atoms with van der Waals surface area (Å²) in [5, 5.41) is 5.84. The summed E-state index contributed by atoms with van der Waals surface area (Å²) < 4.78 is -0.366. The van der Waals surface area contributed by atoms with Gasteiger partial charge in [-0.3, -0.25) is 5.32 Å². The molecule has 1 aromatic rings. The topological polar surface area (TPSA) is 65.3 Å². The third-order valence-electron chi connectivity index (χ3n) is 1.77. The zero-order valence-electron chi connectivity index (χ0n) is 8.19. The Hall–Kier alpha value is -1.75. The van der Waals surface area contributed by atoms with Gasteiger partial charge < -0.3 is 0 Å². The molecule has 0 aliphatic heterocycles. The molecule has 74 valence electrons. The van der Waals surface area contributed by atoms with Crippen LogP contribution >= 0.6 is 0 Å². The summed E-state index contributed by atoms with van der Waals surface area (Å²) in [6.07, 6.45) is 0. The van der Waals surface area contributed by atoms with Gasteiger partial charge in [0.05, 0.1) is 0 Å². The molecule has 0 unspecified atom stereocenters. The fourth-order valence-corrected chi connectivity index (χ4v) is 0.827.